The van der Waals surface area contributed by atoms with Crippen molar-refractivity contribution >= 4 is 6.29 Å². The molecule has 0 aliphatic carbocycles. The molecule has 0 N–H and O–H groups in total. The number of aldehydes is 1. The monoisotopic (exact) mass is 308 g/mol. The summed E-state index contributed by atoms with van der Waals surface area (Å²) in [5.74, 6) is 0.286. The summed E-state index contributed by atoms with van der Waals surface area (Å²) >= 11 is 0. The quantitative estimate of drug-likeness (QED) is 0.702. The minimum atomic E-state index is -0.311. The molecule has 2 aromatic carbocycles. The van der Waals surface area contributed by atoms with Gasteiger partial charge in [0.2, 0.25) is 0 Å². The van der Waals surface area contributed by atoms with Crippen molar-refractivity contribution in [2.45, 2.75) is 51.7 Å². The first-order chi connectivity index (χ1) is 10.8. The average Bonchev–Trinajstić information content (AvgIpc) is 2.51. The molecular weight excluding hydrogens is 284 g/mol. The van der Waals surface area contributed by atoms with E-state index in [0.717, 1.165) is 23.0 Å². The van der Waals surface area contributed by atoms with E-state index in [1.165, 1.54) is 11.1 Å². The molecular formula is C21H24O2. The fourth-order valence-corrected chi connectivity index (χ4v) is 3.67. The van der Waals surface area contributed by atoms with Crippen molar-refractivity contribution in [3.8, 4) is 11.1 Å². The lowest BCUT2D eigenvalue weighted by molar-refractivity contribution is -0.150. The Hall–Kier alpha value is -1.93. The van der Waals surface area contributed by atoms with E-state index in [2.05, 4.69) is 52.8 Å². The Kier molecular flexibility index (Phi) is 3.68. The van der Waals surface area contributed by atoms with Crippen molar-refractivity contribution in [1.82, 2.24) is 0 Å². The van der Waals surface area contributed by atoms with Crippen LogP contribution in [0.3, 0.4) is 0 Å². The van der Waals surface area contributed by atoms with Gasteiger partial charge >= 0.3 is 0 Å². The van der Waals surface area contributed by atoms with Crippen molar-refractivity contribution < 1.29 is 9.53 Å². The van der Waals surface area contributed by atoms with Gasteiger partial charge in [-0.05, 0) is 49.9 Å². The lowest BCUT2D eigenvalue weighted by atomic mass is 9.75. The molecule has 2 aromatic rings. The second-order valence-electron chi connectivity index (χ2n) is 7.44. The molecule has 1 unspecified atom stereocenters. The Morgan fingerprint density at radius 2 is 1.74 bits per heavy atom. The molecule has 0 radical (unpaired) electrons. The maximum atomic E-state index is 11.3. The summed E-state index contributed by atoms with van der Waals surface area (Å²) in [4.78, 5) is 11.3. The molecule has 0 saturated carbocycles. The van der Waals surface area contributed by atoms with Gasteiger partial charge in [0, 0.05) is 11.5 Å². The summed E-state index contributed by atoms with van der Waals surface area (Å²) in [5.41, 5.74) is 4.81. The van der Waals surface area contributed by atoms with Crippen LogP contribution in [-0.4, -0.2) is 11.9 Å². The van der Waals surface area contributed by atoms with Crippen LogP contribution < -0.4 is 0 Å². The van der Waals surface area contributed by atoms with Gasteiger partial charge in [0.1, 0.15) is 0 Å². The first kappa shape index (κ1) is 15.9. The predicted molar refractivity (Wildman–Crippen MR) is 93.9 cm³/mol. The maximum absolute atomic E-state index is 11.3. The van der Waals surface area contributed by atoms with E-state index < -0.39 is 0 Å². The average molecular weight is 308 g/mol. The number of carbonyl (C=O) groups excluding carboxylic acids is 1. The Morgan fingerprint density at radius 3 is 2.43 bits per heavy atom. The number of rotatable bonds is 2. The Labute approximate surface area is 138 Å². The third-order valence-electron chi connectivity index (χ3n) is 5.13. The van der Waals surface area contributed by atoms with E-state index in [0.29, 0.717) is 0 Å². The number of fused-ring (bicyclic) bond motifs is 1. The van der Waals surface area contributed by atoms with E-state index in [4.69, 9.17) is 4.74 Å². The van der Waals surface area contributed by atoms with E-state index in [9.17, 15) is 4.79 Å². The first-order valence-electron chi connectivity index (χ1n) is 8.15. The molecule has 0 spiro atoms. The molecule has 23 heavy (non-hydrogen) atoms. The third-order valence-corrected chi connectivity index (χ3v) is 5.13. The standard InChI is InChI=1S/C21H24O2/c1-14-18-12-15(17-9-7-6-8-16(17)13-22)10-11-19(18)21(4,5)23-20(14,2)3/h6-14H,1-5H3. The molecule has 120 valence electrons. The van der Waals surface area contributed by atoms with Gasteiger partial charge < -0.3 is 4.74 Å². The van der Waals surface area contributed by atoms with Gasteiger partial charge in [-0.3, -0.25) is 4.79 Å². The maximum Gasteiger partial charge on any atom is 0.150 e. The van der Waals surface area contributed by atoms with Crippen LogP contribution in [0.2, 0.25) is 0 Å². The van der Waals surface area contributed by atoms with Crippen LogP contribution in [0, 0.1) is 0 Å². The second-order valence-corrected chi connectivity index (χ2v) is 7.44. The number of hydrogen-bond acceptors (Lipinski definition) is 2. The molecule has 3 rings (SSSR count). The van der Waals surface area contributed by atoms with Crippen molar-refractivity contribution in [1.29, 1.82) is 0 Å². The summed E-state index contributed by atoms with van der Waals surface area (Å²) < 4.78 is 6.33. The smallest absolute Gasteiger partial charge is 0.150 e. The predicted octanol–water partition coefficient (Wildman–Crippen LogP) is 5.31. The molecule has 0 amide bonds. The van der Waals surface area contributed by atoms with Gasteiger partial charge in [0.15, 0.2) is 6.29 Å². The van der Waals surface area contributed by atoms with E-state index in [1.807, 2.05) is 24.3 Å². The molecule has 2 nitrogen and oxygen atoms in total. The molecule has 0 aromatic heterocycles. The van der Waals surface area contributed by atoms with Gasteiger partial charge in [-0.15, -0.1) is 0 Å². The summed E-state index contributed by atoms with van der Waals surface area (Å²) in [5, 5.41) is 0. The third kappa shape index (κ3) is 2.61. The highest BCUT2D eigenvalue weighted by molar-refractivity contribution is 5.87. The van der Waals surface area contributed by atoms with Crippen LogP contribution in [0.25, 0.3) is 11.1 Å². The molecule has 1 aliphatic heterocycles. The molecule has 0 bridgehead atoms. The highest BCUT2D eigenvalue weighted by Gasteiger charge is 2.42. The number of ether oxygens (including phenoxy) is 1. The Balaban J connectivity index is 2.19. The molecule has 1 heterocycles. The van der Waals surface area contributed by atoms with E-state index in [1.54, 1.807) is 0 Å². The normalized spacial score (nSPS) is 21.5. The minimum Gasteiger partial charge on any atom is -0.364 e. The van der Waals surface area contributed by atoms with Gasteiger partial charge in [-0.1, -0.05) is 49.4 Å². The van der Waals surface area contributed by atoms with Gasteiger partial charge in [-0.2, -0.15) is 0 Å². The zero-order chi connectivity index (χ0) is 16.8. The summed E-state index contributed by atoms with van der Waals surface area (Å²) in [6.07, 6.45) is 0.926. The summed E-state index contributed by atoms with van der Waals surface area (Å²) in [6.45, 7) is 10.8. The van der Waals surface area contributed by atoms with Crippen molar-refractivity contribution in [3.05, 3.63) is 59.2 Å². The van der Waals surface area contributed by atoms with E-state index in [-0.39, 0.29) is 17.1 Å². The van der Waals surface area contributed by atoms with Crippen LogP contribution in [-0.2, 0) is 10.3 Å². The fourth-order valence-electron chi connectivity index (χ4n) is 3.67. The van der Waals surface area contributed by atoms with Crippen LogP contribution in [0.5, 0.6) is 0 Å². The molecule has 1 aliphatic rings. The minimum absolute atomic E-state index is 0.223. The molecule has 0 fully saturated rings. The zero-order valence-electron chi connectivity index (χ0n) is 14.5. The topological polar surface area (TPSA) is 26.3 Å². The highest BCUT2D eigenvalue weighted by atomic mass is 16.5. The van der Waals surface area contributed by atoms with Crippen LogP contribution in [0.4, 0.5) is 0 Å². The fraction of sp³-hybridized carbons (Fsp3) is 0.381. The Bertz CT molecular complexity index is 756. The molecule has 0 saturated heterocycles. The summed E-state index contributed by atoms with van der Waals surface area (Å²) in [6, 6.07) is 14.2. The number of benzene rings is 2. The molecule has 2 heteroatoms. The zero-order valence-corrected chi connectivity index (χ0v) is 14.5. The second kappa shape index (κ2) is 5.31. The number of hydrogen-bond donors (Lipinski definition) is 0. The SMILES string of the molecule is CC1c2cc(-c3ccccc3C=O)ccc2C(C)(C)OC1(C)C. The number of carbonyl (C=O) groups is 1. The summed E-state index contributed by atoms with van der Waals surface area (Å²) in [7, 11) is 0. The van der Waals surface area contributed by atoms with Crippen molar-refractivity contribution in [2.75, 3.05) is 0 Å². The van der Waals surface area contributed by atoms with Crippen LogP contribution in [0.15, 0.2) is 42.5 Å². The first-order valence-corrected chi connectivity index (χ1v) is 8.15. The van der Waals surface area contributed by atoms with Crippen LogP contribution in [0.1, 0.15) is 62.0 Å². The lowest BCUT2D eigenvalue weighted by Crippen LogP contribution is -2.44. The lowest BCUT2D eigenvalue weighted by Gasteiger charge is -2.47. The highest BCUT2D eigenvalue weighted by Crippen LogP contribution is 2.47. The molecule has 1 atom stereocenters. The van der Waals surface area contributed by atoms with Gasteiger partial charge in [0.25, 0.3) is 0 Å². The van der Waals surface area contributed by atoms with Crippen molar-refractivity contribution in [3.63, 3.8) is 0 Å². The van der Waals surface area contributed by atoms with Crippen molar-refractivity contribution in [2.24, 2.45) is 0 Å². The van der Waals surface area contributed by atoms with Gasteiger partial charge in [-0.25, -0.2) is 0 Å². The van der Waals surface area contributed by atoms with E-state index >= 15 is 0 Å². The largest absolute Gasteiger partial charge is 0.364 e. The Morgan fingerprint density at radius 1 is 1.04 bits per heavy atom. The van der Waals surface area contributed by atoms with Crippen LogP contribution >= 0.6 is 0 Å². The van der Waals surface area contributed by atoms with Gasteiger partial charge in [0.05, 0.1) is 11.2 Å².